The van der Waals surface area contributed by atoms with E-state index >= 15 is 0 Å². The molecule has 4 rings (SSSR count). The van der Waals surface area contributed by atoms with Crippen LogP contribution in [0.4, 0.5) is 5.69 Å². The molecule has 3 aromatic carbocycles. The summed E-state index contributed by atoms with van der Waals surface area (Å²) in [5.74, 6) is 0. The van der Waals surface area contributed by atoms with E-state index in [1.807, 2.05) is 30.6 Å². The molecule has 0 N–H and O–H groups in total. The lowest BCUT2D eigenvalue weighted by Gasteiger charge is -2.36. The summed E-state index contributed by atoms with van der Waals surface area (Å²) in [5, 5.41) is 0. The first-order chi connectivity index (χ1) is 13.3. The van der Waals surface area contributed by atoms with E-state index in [1.54, 1.807) is 0 Å². The molecule has 1 heterocycles. The lowest BCUT2D eigenvalue weighted by atomic mass is 10.0. The van der Waals surface area contributed by atoms with E-state index in [4.69, 9.17) is 0 Å². The Bertz CT molecular complexity index is 882. The molecule has 1 fully saturated rings. The minimum Gasteiger partial charge on any atom is -0.369 e. The average molecular weight is 355 g/mol. The van der Waals surface area contributed by atoms with Crippen molar-refractivity contribution in [1.82, 2.24) is 4.90 Å². The summed E-state index contributed by atoms with van der Waals surface area (Å²) in [6, 6.07) is 27.1. The SMILES string of the molecule is O=[C]c1ccc(N2CCN(Cc3cccc(-c4ccccc4)c3)CC2)cc1. The normalized spacial score (nSPS) is 14.9. The molecule has 0 aromatic heterocycles. The molecule has 1 radical (unpaired) electrons. The minimum absolute atomic E-state index is 0.607. The monoisotopic (exact) mass is 355 g/mol. The maximum Gasteiger partial charge on any atom is 0.233 e. The van der Waals surface area contributed by atoms with Gasteiger partial charge in [0.2, 0.25) is 6.29 Å². The fourth-order valence-electron chi connectivity index (χ4n) is 3.64. The molecule has 3 heteroatoms. The molecular weight excluding hydrogens is 332 g/mol. The van der Waals surface area contributed by atoms with Gasteiger partial charge < -0.3 is 4.90 Å². The fourth-order valence-corrected chi connectivity index (χ4v) is 3.64. The highest BCUT2D eigenvalue weighted by molar-refractivity contribution is 5.76. The van der Waals surface area contributed by atoms with Crippen LogP contribution in [-0.2, 0) is 11.3 Å². The number of carbonyl (C=O) groups excluding carboxylic acids is 1. The quantitative estimate of drug-likeness (QED) is 0.687. The van der Waals surface area contributed by atoms with Crippen LogP contribution in [-0.4, -0.2) is 37.4 Å². The first kappa shape index (κ1) is 17.5. The van der Waals surface area contributed by atoms with Crippen LogP contribution in [0.25, 0.3) is 11.1 Å². The van der Waals surface area contributed by atoms with Crippen LogP contribution in [0.3, 0.4) is 0 Å². The molecule has 1 saturated heterocycles. The molecule has 3 nitrogen and oxygen atoms in total. The van der Waals surface area contributed by atoms with Crippen molar-refractivity contribution < 1.29 is 4.79 Å². The van der Waals surface area contributed by atoms with Gasteiger partial charge in [-0.05, 0) is 47.0 Å². The van der Waals surface area contributed by atoms with Crippen LogP contribution in [0.1, 0.15) is 11.1 Å². The van der Waals surface area contributed by atoms with Crippen molar-refractivity contribution in [3.05, 3.63) is 90.0 Å². The van der Waals surface area contributed by atoms with Crippen LogP contribution in [0.15, 0.2) is 78.9 Å². The number of rotatable bonds is 5. The van der Waals surface area contributed by atoms with Gasteiger partial charge in [0, 0.05) is 44.0 Å². The molecule has 0 bridgehead atoms. The van der Waals surface area contributed by atoms with E-state index in [9.17, 15) is 4.79 Å². The molecule has 1 aliphatic rings. The van der Waals surface area contributed by atoms with Crippen molar-refractivity contribution in [3.63, 3.8) is 0 Å². The van der Waals surface area contributed by atoms with Crippen molar-refractivity contribution in [2.75, 3.05) is 31.1 Å². The van der Waals surface area contributed by atoms with Crippen molar-refractivity contribution in [2.45, 2.75) is 6.54 Å². The van der Waals surface area contributed by atoms with E-state index in [1.165, 1.54) is 22.4 Å². The van der Waals surface area contributed by atoms with Gasteiger partial charge in [0.05, 0.1) is 0 Å². The largest absolute Gasteiger partial charge is 0.369 e. The Hall–Kier alpha value is -2.91. The number of piperazine rings is 1. The fraction of sp³-hybridized carbons (Fsp3) is 0.208. The lowest BCUT2D eigenvalue weighted by Crippen LogP contribution is -2.45. The van der Waals surface area contributed by atoms with Crippen LogP contribution < -0.4 is 4.90 Å². The number of anilines is 1. The highest BCUT2D eigenvalue weighted by Gasteiger charge is 2.17. The Morgan fingerprint density at radius 2 is 1.44 bits per heavy atom. The van der Waals surface area contributed by atoms with Gasteiger partial charge in [0.25, 0.3) is 0 Å². The topological polar surface area (TPSA) is 23.6 Å². The summed E-state index contributed by atoms with van der Waals surface area (Å²) in [6.45, 7) is 5.06. The summed E-state index contributed by atoms with van der Waals surface area (Å²) in [5.41, 5.74) is 5.69. The van der Waals surface area contributed by atoms with Gasteiger partial charge in [-0.1, -0.05) is 48.5 Å². The third-order valence-electron chi connectivity index (χ3n) is 5.16. The Labute approximate surface area is 160 Å². The van der Waals surface area contributed by atoms with Crippen LogP contribution in [0.5, 0.6) is 0 Å². The second-order valence-corrected chi connectivity index (χ2v) is 6.98. The number of hydrogen-bond donors (Lipinski definition) is 0. The van der Waals surface area contributed by atoms with Crippen molar-refractivity contribution in [1.29, 1.82) is 0 Å². The average Bonchev–Trinajstić information content (AvgIpc) is 2.75. The number of benzene rings is 3. The van der Waals surface area contributed by atoms with Crippen LogP contribution in [0.2, 0.25) is 0 Å². The molecule has 135 valence electrons. The highest BCUT2D eigenvalue weighted by atomic mass is 16.1. The van der Waals surface area contributed by atoms with Crippen molar-refractivity contribution in [3.8, 4) is 11.1 Å². The van der Waals surface area contributed by atoms with Gasteiger partial charge in [-0.15, -0.1) is 0 Å². The van der Waals surface area contributed by atoms with Crippen LogP contribution >= 0.6 is 0 Å². The highest BCUT2D eigenvalue weighted by Crippen LogP contribution is 2.22. The summed E-state index contributed by atoms with van der Waals surface area (Å²) < 4.78 is 0. The standard InChI is InChI=1S/C24H23N2O/c27-19-20-9-11-24(12-10-20)26-15-13-25(14-16-26)18-21-5-4-8-23(17-21)22-6-2-1-3-7-22/h1-12,17H,13-16,18H2. The van der Waals surface area contributed by atoms with Gasteiger partial charge in [-0.25, -0.2) is 0 Å². The molecule has 1 aliphatic heterocycles. The summed E-state index contributed by atoms with van der Waals surface area (Å²) >= 11 is 0. The Balaban J connectivity index is 1.37. The lowest BCUT2D eigenvalue weighted by molar-refractivity contribution is 0.250. The van der Waals surface area contributed by atoms with E-state index in [-0.39, 0.29) is 0 Å². The van der Waals surface area contributed by atoms with E-state index < -0.39 is 0 Å². The summed E-state index contributed by atoms with van der Waals surface area (Å²) in [4.78, 5) is 15.6. The molecule has 0 aliphatic carbocycles. The molecule has 0 unspecified atom stereocenters. The molecule has 27 heavy (non-hydrogen) atoms. The second kappa shape index (κ2) is 8.19. The zero-order valence-electron chi connectivity index (χ0n) is 15.3. The Morgan fingerprint density at radius 3 is 2.15 bits per heavy atom. The van der Waals surface area contributed by atoms with Gasteiger partial charge in [0.15, 0.2) is 0 Å². The minimum atomic E-state index is 0.607. The Kier molecular flexibility index (Phi) is 5.31. The maximum atomic E-state index is 10.7. The molecular formula is C24H23N2O. The first-order valence-corrected chi connectivity index (χ1v) is 9.42. The van der Waals surface area contributed by atoms with Gasteiger partial charge in [0.1, 0.15) is 0 Å². The summed E-state index contributed by atoms with van der Waals surface area (Å²) in [6.07, 6.45) is 1.93. The van der Waals surface area contributed by atoms with E-state index in [0.29, 0.717) is 5.56 Å². The maximum absolute atomic E-state index is 10.7. The number of nitrogens with zero attached hydrogens (tertiary/aromatic N) is 2. The zero-order chi connectivity index (χ0) is 18.5. The Morgan fingerprint density at radius 1 is 0.741 bits per heavy atom. The van der Waals surface area contributed by atoms with Gasteiger partial charge in [-0.3, -0.25) is 9.69 Å². The first-order valence-electron chi connectivity index (χ1n) is 9.42. The van der Waals surface area contributed by atoms with Crippen molar-refractivity contribution >= 4 is 12.0 Å². The zero-order valence-corrected chi connectivity index (χ0v) is 15.3. The third-order valence-corrected chi connectivity index (χ3v) is 5.16. The van der Waals surface area contributed by atoms with E-state index in [0.717, 1.165) is 32.7 Å². The van der Waals surface area contributed by atoms with Gasteiger partial charge in [-0.2, -0.15) is 0 Å². The summed E-state index contributed by atoms with van der Waals surface area (Å²) in [7, 11) is 0. The smallest absolute Gasteiger partial charge is 0.233 e. The third kappa shape index (κ3) is 4.26. The molecule has 0 atom stereocenters. The molecule has 0 amide bonds. The molecule has 0 spiro atoms. The predicted molar refractivity (Wildman–Crippen MR) is 111 cm³/mol. The van der Waals surface area contributed by atoms with Gasteiger partial charge >= 0.3 is 0 Å². The molecule has 0 saturated carbocycles. The predicted octanol–water partition coefficient (Wildman–Crippen LogP) is 4.13. The molecule has 3 aromatic rings. The second-order valence-electron chi connectivity index (χ2n) is 6.98. The van der Waals surface area contributed by atoms with Crippen LogP contribution in [0, 0.1) is 0 Å². The van der Waals surface area contributed by atoms with Crippen molar-refractivity contribution in [2.24, 2.45) is 0 Å². The number of hydrogen-bond acceptors (Lipinski definition) is 3. The van der Waals surface area contributed by atoms with E-state index in [2.05, 4.69) is 64.4 Å².